The summed E-state index contributed by atoms with van der Waals surface area (Å²) in [5, 5.41) is 8.52. The van der Waals surface area contributed by atoms with Gasteiger partial charge in [-0.1, -0.05) is 24.8 Å². The van der Waals surface area contributed by atoms with E-state index in [1.54, 1.807) is 10.9 Å². The van der Waals surface area contributed by atoms with E-state index >= 15 is 0 Å². The maximum atomic E-state index is 14.2. The molecular formula is C14H19BrFN5OSi. The van der Waals surface area contributed by atoms with Crippen molar-refractivity contribution in [3.05, 3.63) is 38.6 Å². The number of hydrogen-bond donors (Lipinski definition) is 0. The van der Waals surface area contributed by atoms with Crippen molar-refractivity contribution in [2.24, 2.45) is 5.11 Å². The van der Waals surface area contributed by atoms with Gasteiger partial charge in [-0.2, -0.15) is 5.10 Å². The molecule has 6 nitrogen and oxygen atoms in total. The third-order valence-corrected chi connectivity index (χ3v) is 5.79. The highest BCUT2D eigenvalue weighted by atomic mass is 79.9. The second kappa shape index (κ2) is 7.44. The van der Waals surface area contributed by atoms with Crippen LogP contribution in [0.5, 0.6) is 0 Å². The van der Waals surface area contributed by atoms with Gasteiger partial charge in [-0.25, -0.2) is 9.07 Å². The van der Waals surface area contributed by atoms with Gasteiger partial charge in [-0.15, -0.1) is 0 Å². The Kier molecular flexibility index (Phi) is 5.80. The second-order valence-electron chi connectivity index (χ2n) is 6.46. The van der Waals surface area contributed by atoms with Crippen molar-refractivity contribution in [2.45, 2.75) is 39.0 Å². The third kappa shape index (κ3) is 4.54. The van der Waals surface area contributed by atoms with E-state index < -0.39 is 13.9 Å². The van der Waals surface area contributed by atoms with Gasteiger partial charge < -0.3 is 4.74 Å². The van der Waals surface area contributed by atoms with Crippen LogP contribution >= 0.6 is 15.9 Å². The minimum Gasteiger partial charge on any atom is -0.360 e. The molecule has 0 aliphatic carbocycles. The molecule has 0 spiro atoms. The molecule has 0 saturated heterocycles. The first kappa shape index (κ1) is 17.9. The van der Waals surface area contributed by atoms with Crippen LogP contribution in [0.25, 0.3) is 21.3 Å². The summed E-state index contributed by atoms with van der Waals surface area (Å²) in [6.07, 6.45) is 1.65. The summed E-state index contributed by atoms with van der Waals surface area (Å²) in [5.74, 6) is -0.430. The van der Waals surface area contributed by atoms with Gasteiger partial charge in [0.2, 0.25) is 0 Å². The fourth-order valence-electron chi connectivity index (χ4n) is 2.15. The summed E-state index contributed by atoms with van der Waals surface area (Å²) in [6.45, 7) is 7.68. The van der Waals surface area contributed by atoms with Gasteiger partial charge in [-0.05, 0) is 33.6 Å². The number of nitrogens with zero attached hydrogens (tertiary/aromatic N) is 5. The largest absolute Gasteiger partial charge is 0.360 e. The SMILES string of the molecule is C[Si](C)(C)CCOCn1ncc2c(Br)cc(F)c(CN=[N+]=[N-])c21. The van der Waals surface area contributed by atoms with E-state index in [2.05, 4.69) is 50.7 Å². The Morgan fingerprint density at radius 2 is 2.22 bits per heavy atom. The van der Waals surface area contributed by atoms with Crippen LogP contribution in [0.3, 0.4) is 0 Å². The number of azide groups is 1. The van der Waals surface area contributed by atoms with Crippen molar-refractivity contribution in [3.63, 3.8) is 0 Å². The van der Waals surface area contributed by atoms with E-state index in [0.29, 0.717) is 22.2 Å². The molecule has 0 aliphatic heterocycles. The van der Waals surface area contributed by atoms with Crippen LogP contribution < -0.4 is 0 Å². The quantitative estimate of drug-likeness (QED) is 0.214. The van der Waals surface area contributed by atoms with Crippen molar-refractivity contribution in [1.29, 1.82) is 0 Å². The van der Waals surface area contributed by atoms with E-state index in [1.165, 1.54) is 6.07 Å². The van der Waals surface area contributed by atoms with Crippen LogP contribution in [0.4, 0.5) is 4.39 Å². The van der Waals surface area contributed by atoms with E-state index in [0.717, 1.165) is 11.4 Å². The lowest BCUT2D eigenvalue weighted by molar-refractivity contribution is 0.0816. The zero-order chi connectivity index (χ0) is 17.0. The molecule has 1 heterocycles. The average molecular weight is 400 g/mol. The smallest absolute Gasteiger partial charge is 0.140 e. The third-order valence-electron chi connectivity index (χ3n) is 3.43. The van der Waals surface area contributed by atoms with Crippen molar-refractivity contribution >= 4 is 34.9 Å². The van der Waals surface area contributed by atoms with Crippen molar-refractivity contribution in [1.82, 2.24) is 9.78 Å². The molecule has 0 fully saturated rings. The highest BCUT2D eigenvalue weighted by Gasteiger charge is 2.16. The Bertz CT molecular complexity index is 752. The molecule has 1 aromatic heterocycles. The Hall–Kier alpha value is -1.41. The first-order chi connectivity index (χ1) is 10.8. The number of rotatable bonds is 7. The summed E-state index contributed by atoms with van der Waals surface area (Å²) in [5.41, 5.74) is 9.42. The molecule has 0 radical (unpaired) electrons. The van der Waals surface area contributed by atoms with Crippen LogP contribution in [0.1, 0.15) is 5.56 Å². The van der Waals surface area contributed by atoms with Gasteiger partial charge in [0.05, 0.1) is 18.3 Å². The molecule has 0 unspecified atom stereocenters. The van der Waals surface area contributed by atoms with Gasteiger partial charge in [0, 0.05) is 35.0 Å². The normalized spacial score (nSPS) is 11.7. The molecule has 0 saturated carbocycles. The zero-order valence-electron chi connectivity index (χ0n) is 13.4. The zero-order valence-corrected chi connectivity index (χ0v) is 16.0. The molecule has 0 bridgehead atoms. The van der Waals surface area contributed by atoms with E-state index in [4.69, 9.17) is 10.3 Å². The molecule has 23 heavy (non-hydrogen) atoms. The monoisotopic (exact) mass is 399 g/mol. The van der Waals surface area contributed by atoms with Crippen molar-refractivity contribution in [2.75, 3.05) is 6.61 Å². The highest BCUT2D eigenvalue weighted by Crippen LogP contribution is 2.30. The predicted molar refractivity (Wildman–Crippen MR) is 94.3 cm³/mol. The number of benzene rings is 1. The van der Waals surface area contributed by atoms with Gasteiger partial charge in [-0.3, -0.25) is 0 Å². The minimum atomic E-state index is -1.16. The average Bonchev–Trinajstić information content (AvgIpc) is 2.87. The molecule has 2 rings (SSSR count). The maximum Gasteiger partial charge on any atom is 0.140 e. The number of ether oxygens (including phenoxy) is 1. The van der Waals surface area contributed by atoms with Crippen LogP contribution in [-0.2, 0) is 18.0 Å². The van der Waals surface area contributed by atoms with E-state index in [9.17, 15) is 4.39 Å². The Morgan fingerprint density at radius 3 is 2.87 bits per heavy atom. The van der Waals surface area contributed by atoms with Crippen molar-refractivity contribution in [3.8, 4) is 0 Å². The standard InChI is InChI=1S/C14H19BrFN5OSi/c1-23(2,3)5-4-22-9-21-14-10(8-19-21)12(15)6-13(16)11(14)7-18-20-17/h6,8H,4-5,7,9H2,1-3H3. The van der Waals surface area contributed by atoms with Crippen LogP contribution in [0.2, 0.25) is 25.7 Å². The summed E-state index contributed by atoms with van der Waals surface area (Å²) < 4.78 is 22.1. The highest BCUT2D eigenvalue weighted by molar-refractivity contribution is 9.10. The Balaban J connectivity index is 2.28. The van der Waals surface area contributed by atoms with Gasteiger partial charge in [0.15, 0.2) is 0 Å². The van der Waals surface area contributed by atoms with E-state index in [-0.39, 0.29) is 13.3 Å². The fraction of sp³-hybridized carbons (Fsp3) is 0.500. The summed E-state index contributed by atoms with van der Waals surface area (Å²) in [4.78, 5) is 2.71. The molecular weight excluding hydrogens is 381 g/mol. The summed E-state index contributed by atoms with van der Waals surface area (Å²) in [6, 6.07) is 2.42. The molecule has 9 heteroatoms. The van der Waals surface area contributed by atoms with Crippen LogP contribution in [0, 0.1) is 5.82 Å². The first-order valence-electron chi connectivity index (χ1n) is 7.24. The Labute approximate surface area is 143 Å². The molecule has 0 atom stereocenters. The first-order valence-corrected chi connectivity index (χ1v) is 11.7. The lowest BCUT2D eigenvalue weighted by Gasteiger charge is -2.15. The molecule has 0 N–H and O–H groups in total. The van der Waals surface area contributed by atoms with Crippen LogP contribution in [0.15, 0.2) is 21.9 Å². The topological polar surface area (TPSA) is 75.8 Å². The lowest BCUT2D eigenvalue weighted by Crippen LogP contribution is -2.22. The number of hydrogen-bond acceptors (Lipinski definition) is 3. The lowest BCUT2D eigenvalue weighted by atomic mass is 10.1. The molecule has 124 valence electrons. The Morgan fingerprint density at radius 1 is 1.48 bits per heavy atom. The van der Waals surface area contributed by atoms with E-state index in [1.807, 2.05) is 0 Å². The van der Waals surface area contributed by atoms with Gasteiger partial charge in [0.25, 0.3) is 0 Å². The molecule has 2 aromatic rings. The number of fused-ring (bicyclic) bond motifs is 1. The maximum absolute atomic E-state index is 14.2. The number of aromatic nitrogens is 2. The van der Waals surface area contributed by atoms with Crippen LogP contribution in [-0.4, -0.2) is 24.5 Å². The second-order valence-corrected chi connectivity index (χ2v) is 12.9. The van der Waals surface area contributed by atoms with Crippen molar-refractivity contribution < 1.29 is 9.13 Å². The van der Waals surface area contributed by atoms with Gasteiger partial charge >= 0.3 is 0 Å². The molecule has 0 amide bonds. The summed E-state index contributed by atoms with van der Waals surface area (Å²) >= 11 is 3.34. The predicted octanol–water partition coefficient (Wildman–Crippen LogP) is 5.06. The molecule has 1 aromatic carbocycles. The fourth-order valence-corrected chi connectivity index (χ4v) is 3.40. The summed E-state index contributed by atoms with van der Waals surface area (Å²) in [7, 11) is -1.16. The number of halogens is 2. The minimum absolute atomic E-state index is 0.0628. The van der Waals surface area contributed by atoms with Gasteiger partial charge in [0.1, 0.15) is 12.5 Å². The molecule has 0 aliphatic rings.